The van der Waals surface area contributed by atoms with Gasteiger partial charge in [0.05, 0.1) is 12.7 Å². The van der Waals surface area contributed by atoms with Crippen molar-refractivity contribution in [1.29, 1.82) is 0 Å². The summed E-state index contributed by atoms with van der Waals surface area (Å²) in [5.74, 6) is 1.50. The van der Waals surface area contributed by atoms with E-state index in [1.54, 1.807) is 36.4 Å². The highest BCUT2D eigenvalue weighted by molar-refractivity contribution is 6.01. The smallest absolute Gasteiger partial charge is 0.323 e. The fourth-order valence-corrected chi connectivity index (χ4v) is 4.18. The summed E-state index contributed by atoms with van der Waals surface area (Å²) < 4.78 is 11.3. The summed E-state index contributed by atoms with van der Waals surface area (Å²) in [5, 5.41) is 8.55. The first-order valence-electron chi connectivity index (χ1n) is 12.8. The number of hydrogen-bond donors (Lipinski definition) is 3. The molecule has 0 saturated carbocycles. The number of rotatable bonds is 10. The van der Waals surface area contributed by atoms with Crippen molar-refractivity contribution in [2.75, 3.05) is 64.1 Å². The van der Waals surface area contributed by atoms with Crippen LogP contribution >= 0.6 is 0 Å². The van der Waals surface area contributed by atoms with E-state index in [0.717, 1.165) is 39.1 Å². The predicted molar refractivity (Wildman–Crippen MR) is 149 cm³/mol. The number of amides is 3. The number of likely N-dealkylation sites (N-methyl/N-ethyl adjacent to an activating group) is 1. The van der Waals surface area contributed by atoms with Crippen LogP contribution in [-0.4, -0.2) is 75.2 Å². The van der Waals surface area contributed by atoms with Gasteiger partial charge in [0.15, 0.2) is 0 Å². The van der Waals surface area contributed by atoms with E-state index in [1.165, 1.54) is 7.11 Å². The Hall–Kier alpha value is -4.08. The number of methoxy groups -OCH3 is 1. The first-order chi connectivity index (χ1) is 18.5. The molecular formula is C29H35N5O4. The number of ether oxygens (including phenoxy) is 2. The zero-order valence-corrected chi connectivity index (χ0v) is 21.9. The number of benzene rings is 3. The van der Waals surface area contributed by atoms with Crippen molar-refractivity contribution >= 4 is 23.3 Å². The molecule has 9 nitrogen and oxygen atoms in total. The Morgan fingerprint density at radius 2 is 1.55 bits per heavy atom. The second kappa shape index (κ2) is 13.5. The predicted octanol–water partition coefficient (Wildman–Crippen LogP) is 4.50. The second-order valence-electron chi connectivity index (χ2n) is 9.19. The van der Waals surface area contributed by atoms with Gasteiger partial charge in [-0.05, 0) is 56.4 Å². The monoisotopic (exact) mass is 517 g/mol. The van der Waals surface area contributed by atoms with Crippen LogP contribution in [0.4, 0.5) is 16.2 Å². The molecule has 1 aliphatic heterocycles. The minimum absolute atomic E-state index is 0.202. The first-order valence-corrected chi connectivity index (χ1v) is 12.8. The zero-order valence-electron chi connectivity index (χ0n) is 21.9. The lowest BCUT2D eigenvalue weighted by Gasteiger charge is -2.32. The highest BCUT2D eigenvalue weighted by Crippen LogP contribution is 2.25. The van der Waals surface area contributed by atoms with Gasteiger partial charge in [-0.1, -0.05) is 24.3 Å². The quantitative estimate of drug-likeness (QED) is 0.343. The minimum Gasteiger partial charge on any atom is -0.496 e. The van der Waals surface area contributed by atoms with Crippen LogP contribution in [0.3, 0.4) is 0 Å². The van der Waals surface area contributed by atoms with E-state index in [9.17, 15) is 9.59 Å². The van der Waals surface area contributed by atoms with E-state index >= 15 is 0 Å². The molecule has 1 heterocycles. The Morgan fingerprint density at radius 3 is 2.29 bits per heavy atom. The summed E-state index contributed by atoms with van der Waals surface area (Å²) in [6, 6.07) is 21.1. The van der Waals surface area contributed by atoms with Crippen LogP contribution in [-0.2, 0) is 0 Å². The van der Waals surface area contributed by atoms with Gasteiger partial charge in [0.1, 0.15) is 17.2 Å². The number of anilines is 2. The van der Waals surface area contributed by atoms with Crippen molar-refractivity contribution in [3.8, 4) is 17.2 Å². The number of para-hydroxylation sites is 1. The summed E-state index contributed by atoms with van der Waals surface area (Å²) in [4.78, 5) is 30.1. The lowest BCUT2D eigenvalue weighted by atomic mass is 10.1. The third kappa shape index (κ3) is 7.96. The van der Waals surface area contributed by atoms with E-state index in [4.69, 9.17) is 9.47 Å². The summed E-state index contributed by atoms with van der Waals surface area (Å²) in [5.41, 5.74) is 1.50. The molecule has 0 aromatic heterocycles. The van der Waals surface area contributed by atoms with E-state index in [-0.39, 0.29) is 5.91 Å². The van der Waals surface area contributed by atoms with Crippen LogP contribution < -0.4 is 25.4 Å². The van der Waals surface area contributed by atoms with E-state index in [1.807, 2.05) is 36.4 Å². The van der Waals surface area contributed by atoms with Gasteiger partial charge in [0.25, 0.3) is 5.91 Å². The van der Waals surface area contributed by atoms with Gasteiger partial charge in [0.2, 0.25) is 0 Å². The topological polar surface area (TPSA) is 95.2 Å². The molecule has 9 heteroatoms. The van der Waals surface area contributed by atoms with E-state index < -0.39 is 6.03 Å². The standard InChI is InChI=1S/C29H35N5O4/c1-33-16-18-34(19-17-33)15-7-14-30-28(35)26-13-12-23(21-27(26)37-2)32-29(36)31-22-8-6-11-25(20-22)38-24-9-4-3-5-10-24/h3-6,8-13,20-21H,7,14-19H2,1-2H3,(H,30,35)(H2,31,32,36). The van der Waals surface area contributed by atoms with E-state index in [0.29, 0.717) is 40.7 Å². The second-order valence-corrected chi connectivity index (χ2v) is 9.19. The maximum Gasteiger partial charge on any atom is 0.323 e. The molecule has 0 spiro atoms. The van der Waals surface area contributed by atoms with Crippen LogP contribution in [0.2, 0.25) is 0 Å². The summed E-state index contributed by atoms with van der Waals surface area (Å²) in [6.07, 6.45) is 0.884. The molecule has 0 atom stereocenters. The highest BCUT2D eigenvalue weighted by Gasteiger charge is 2.15. The Labute approximate surface area is 223 Å². The SMILES string of the molecule is COc1cc(NC(=O)Nc2cccc(Oc3ccccc3)c2)ccc1C(=O)NCCCN1CCN(C)CC1. The summed E-state index contributed by atoms with van der Waals surface area (Å²) in [7, 11) is 3.64. The molecule has 3 aromatic carbocycles. The van der Waals surface area contributed by atoms with Gasteiger partial charge in [-0.25, -0.2) is 4.79 Å². The van der Waals surface area contributed by atoms with Gasteiger partial charge in [-0.3, -0.25) is 4.79 Å². The number of nitrogens with one attached hydrogen (secondary N) is 3. The molecule has 3 N–H and O–H groups in total. The van der Waals surface area contributed by atoms with Crippen LogP contribution in [0.25, 0.3) is 0 Å². The third-order valence-corrected chi connectivity index (χ3v) is 6.31. The first kappa shape index (κ1) is 27.0. The fourth-order valence-electron chi connectivity index (χ4n) is 4.18. The number of nitrogens with zero attached hydrogens (tertiary/aromatic N) is 2. The fraction of sp³-hybridized carbons (Fsp3) is 0.310. The molecule has 1 aliphatic rings. The molecule has 38 heavy (non-hydrogen) atoms. The van der Waals surface area contributed by atoms with Gasteiger partial charge in [-0.15, -0.1) is 0 Å². The van der Waals surface area contributed by atoms with Gasteiger partial charge < -0.3 is 35.2 Å². The Kier molecular flexibility index (Phi) is 9.55. The normalized spacial score (nSPS) is 13.9. The van der Waals surface area contributed by atoms with Gasteiger partial charge in [0, 0.05) is 56.2 Å². The van der Waals surface area contributed by atoms with Crippen molar-refractivity contribution in [3.05, 3.63) is 78.4 Å². The summed E-state index contributed by atoms with van der Waals surface area (Å²) >= 11 is 0. The molecule has 0 bridgehead atoms. The number of carbonyl (C=O) groups is 2. The molecule has 200 valence electrons. The zero-order chi connectivity index (χ0) is 26.7. The Morgan fingerprint density at radius 1 is 0.842 bits per heavy atom. The van der Waals surface area contributed by atoms with Gasteiger partial charge in [-0.2, -0.15) is 0 Å². The molecular weight excluding hydrogens is 482 g/mol. The Bertz CT molecular complexity index is 1210. The molecule has 1 saturated heterocycles. The molecule has 4 rings (SSSR count). The number of carbonyl (C=O) groups excluding carboxylic acids is 2. The largest absolute Gasteiger partial charge is 0.496 e. The van der Waals surface area contributed by atoms with Crippen LogP contribution in [0.5, 0.6) is 17.2 Å². The van der Waals surface area contributed by atoms with Crippen LogP contribution in [0.15, 0.2) is 72.8 Å². The molecule has 3 amide bonds. The average molecular weight is 518 g/mol. The maximum absolute atomic E-state index is 12.7. The highest BCUT2D eigenvalue weighted by atomic mass is 16.5. The molecule has 1 fully saturated rings. The lowest BCUT2D eigenvalue weighted by Crippen LogP contribution is -2.45. The Balaban J connectivity index is 1.27. The lowest BCUT2D eigenvalue weighted by molar-refractivity contribution is 0.0946. The van der Waals surface area contributed by atoms with Crippen molar-refractivity contribution in [3.63, 3.8) is 0 Å². The van der Waals surface area contributed by atoms with E-state index in [2.05, 4.69) is 32.8 Å². The van der Waals surface area contributed by atoms with Crippen LogP contribution in [0, 0.1) is 0 Å². The minimum atomic E-state index is -0.426. The van der Waals surface area contributed by atoms with Crippen LogP contribution in [0.1, 0.15) is 16.8 Å². The third-order valence-electron chi connectivity index (χ3n) is 6.31. The molecule has 0 radical (unpaired) electrons. The summed E-state index contributed by atoms with van der Waals surface area (Å²) in [6.45, 7) is 5.84. The number of piperazine rings is 1. The van der Waals surface area contributed by atoms with Crippen molar-refractivity contribution in [2.45, 2.75) is 6.42 Å². The van der Waals surface area contributed by atoms with Crippen molar-refractivity contribution < 1.29 is 19.1 Å². The maximum atomic E-state index is 12.7. The van der Waals surface area contributed by atoms with Gasteiger partial charge >= 0.3 is 6.03 Å². The van der Waals surface area contributed by atoms with Crippen molar-refractivity contribution in [1.82, 2.24) is 15.1 Å². The molecule has 3 aromatic rings. The molecule has 0 aliphatic carbocycles. The number of hydrogen-bond acceptors (Lipinski definition) is 6. The molecule has 0 unspecified atom stereocenters. The number of urea groups is 1. The average Bonchev–Trinajstić information content (AvgIpc) is 2.92. The van der Waals surface area contributed by atoms with Crippen molar-refractivity contribution in [2.24, 2.45) is 0 Å².